The predicted molar refractivity (Wildman–Crippen MR) is 78.3 cm³/mol. The monoisotopic (exact) mass is 271 g/mol. The van der Waals surface area contributed by atoms with E-state index in [2.05, 4.69) is 15.1 Å². The zero-order valence-electron chi connectivity index (χ0n) is 11.4. The number of nitrogens with two attached hydrogens (primary N) is 2. The fourth-order valence-corrected chi connectivity index (χ4v) is 1.84. The smallest absolute Gasteiger partial charge is 0.219 e. The zero-order valence-corrected chi connectivity index (χ0v) is 11.4. The molecule has 0 aliphatic carbocycles. The molecule has 0 saturated heterocycles. The lowest BCUT2D eigenvalue weighted by Gasteiger charge is -2.23. The molecule has 2 rings (SSSR count). The molecular weight excluding hydrogens is 254 g/mol. The van der Waals surface area contributed by atoms with E-state index in [4.69, 9.17) is 16.7 Å². The summed E-state index contributed by atoms with van der Waals surface area (Å²) >= 11 is 0. The minimum Gasteiger partial charge on any atom is -0.409 e. The Morgan fingerprint density at radius 3 is 2.15 bits per heavy atom. The van der Waals surface area contributed by atoms with Gasteiger partial charge in [0.2, 0.25) is 5.95 Å². The van der Waals surface area contributed by atoms with Gasteiger partial charge in [-0.1, -0.05) is 29.4 Å². The fourth-order valence-electron chi connectivity index (χ4n) is 1.84. The van der Waals surface area contributed by atoms with Crippen molar-refractivity contribution in [2.24, 2.45) is 10.9 Å². The van der Waals surface area contributed by atoms with E-state index in [0.29, 0.717) is 0 Å². The van der Waals surface area contributed by atoms with Gasteiger partial charge < -0.3 is 16.7 Å². The molecule has 0 amide bonds. The number of benzene rings is 1. The lowest BCUT2D eigenvalue weighted by Crippen LogP contribution is -2.35. The van der Waals surface area contributed by atoms with Crippen LogP contribution in [0.25, 0.3) is 11.1 Å². The number of nitrogens with zero attached hydrogens (tertiary/aromatic N) is 3. The second-order valence-electron chi connectivity index (χ2n) is 5.02. The van der Waals surface area contributed by atoms with Crippen molar-refractivity contribution >= 4 is 11.8 Å². The van der Waals surface area contributed by atoms with Gasteiger partial charge in [-0.15, -0.1) is 0 Å². The van der Waals surface area contributed by atoms with E-state index in [-0.39, 0.29) is 11.8 Å². The van der Waals surface area contributed by atoms with Crippen LogP contribution in [0.1, 0.15) is 19.4 Å². The Labute approximate surface area is 117 Å². The standard InChI is InChI=1S/C14H17N5O/c1-14(2,12(15)19-20)11-5-3-9(4-6-11)10-7-17-13(16)18-8-10/h3-8,20H,1-2H3,(H2,15,19)(H2,16,17,18). The van der Waals surface area contributed by atoms with Crippen LogP contribution in [0, 0.1) is 0 Å². The number of anilines is 1. The molecular formula is C14H17N5O. The van der Waals surface area contributed by atoms with Crippen LogP contribution in [0.2, 0.25) is 0 Å². The van der Waals surface area contributed by atoms with E-state index in [1.807, 2.05) is 38.1 Å². The normalized spacial score (nSPS) is 12.4. The quantitative estimate of drug-likeness (QED) is 0.341. The van der Waals surface area contributed by atoms with Crippen molar-refractivity contribution < 1.29 is 5.21 Å². The molecule has 0 unspecified atom stereocenters. The van der Waals surface area contributed by atoms with Gasteiger partial charge >= 0.3 is 0 Å². The molecule has 0 aliphatic heterocycles. The summed E-state index contributed by atoms with van der Waals surface area (Å²) in [6, 6.07) is 7.75. The molecule has 0 saturated carbocycles. The van der Waals surface area contributed by atoms with Crippen molar-refractivity contribution in [1.29, 1.82) is 0 Å². The van der Waals surface area contributed by atoms with Crippen molar-refractivity contribution in [2.75, 3.05) is 5.73 Å². The average Bonchev–Trinajstić information content (AvgIpc) is 2.47. The first-order valence-electron chi connectivity index (χ1n) is 6.11. The summed E-state index contributed by atoms with van der Waals surface area (Å²) in [4.78, 5) is 7.93. The lowest BCUT2D eigenvalue weighted by atomic mass is 9.83. The van der Waals surface area contributed by atoms with E-state index < -0.39 is 5.41 Å². The first kappa shape index (κ1) is 13.8. The third kappa shape index (κ3) is 2.54. The Balaban J connectivity index is 2.33. The molecule has 0 radical (unpaired) electrons. The van der Waals surface area contributed by atoms with Crippen LogP contribution in [0.4, 0.5) is 5.95 Å². The summed E-state index contributed by atoms with van der Waals surface area (Å²) in [7, 11) is 0. The Kier molecular flexibility index (Phi) is 3.56. The summed E-state index contributed by atoms with van der Waals surface area (Å²) in [5, 5.41) is 11.9. The van der Waals surface area contributed by atoms with E-state index in [1.54, 1.807) is 12.4 Å². The second kappa shape index (κ2) is 5.16. The van der Waals surface area contributed by atoms with Crippen molar-refractivity contribution in [3.63, 3.8) is 0 Å². The Bertz CT molecular complexity index is 617. The van der Waals surface area contributed by atoms with Gasteiger partial charge in [0.15, 0.2) is 0 Å². The van der Waals surface area contributed by atoms with Crippen LogP contribution < -0.4 is 11.5 Å². The number of aromatic nitrogens is 2. The number of nitrogen functional groups attached to an aromatic ring is 1. The highest BCUT2D eigenvalue weighted by Crippen LogP contribution is 2.26. The first-order chi connectivity index (χ1) is 9.45. The molecule has 6 heteroatoms. The van der Waals surface area contributed by atoms with Crippen LogP contribution in [-0.2, 0) is 5.41 Å². The van der Waals surface area contributed by atoms with E-state index >= 15 is 0 Å². The summed E-state index contributed by atoms with van der Waals surface area (Å²) < 4.78 is 0. The van der Waals surface area contributed by atoms with Crippen LogP contribution in [0.5, 0.6) is 0 Å². The van der Waals surface area contributed by atoms with E-state index in [9.17, 15) is 0 Å². The Hall–Kier alpha value is -2.63. The number of hydrogen-bond acceptors (Lipinski definition) is 5. The maximum Gasteiger partial charge on any atom is 0.219 e. The van der Waals surface area contributed by atoms with Gasteiger partial charge in [-0.3, -0.25) is 0 Å². The summed E-state index contributed by atoms with van der Waals surface area (Å²) in [6.45, 7) is 3.78. The highest BCUT2D eigenvalue weighted by Gasteiger charge is 2.25. The van der Waals surface area contributed by atoms with Crippen LogP contribution in [0.15, 0.2) is 41.8 Å². The molecule has 5 N–H and O–H groups in total. The number of amidine groups is 1. The zero-order chi connectivity index (χ0) is 14.8. The molecule has 0 fully saturated rings. The average molecular weight is 271 g/mol. The molecule has 104 valence electrons. The summed E-state index contributed by atoms with van der Waals surface area (Å²) in [5.41, 5.74) is 13.4. The van der Waals surface area contributed by atoms with Crippen LogP contribution in [-0.4, -0.2) is 21.0 Å². The van der Waals surface area contributed by atoms with Gasteiger partial charge in [-0.05, 0) is 25.0 Å². The molecule has 6 nitrogen and oxygen atoms in total. The maximum absolute atomic E-state index is 8.82. The molecule has 0 spiro atoms. The molecule has 1 aromatic carbocycles. The SMILES string of the molecule is CC(C)(/C(N)=N/O)c1ccc(-c2cnc(N)nc2)cc1. The predicted octanol–water partition coefficient (Wildman–Crippen LogP) is 1.75. The van der Waals surface area contributed by atoms with E-state index in [0.717, 1.165) is 16.7 Å². The van der Waals surface area contributed by atoms with Gasteiger partial charge in [0.1, 0.15) is 5.84 Å². The van der Waals surface area contributed by atoms with Crippen LogP contribution >= 0.6 is 0 Å². The van der Waals surface area contributed by atoms with Gasteiger partial charge in [-0.2, -0.15) is 0 Å². The molecule has 0 bridgehead atoms. The first-order valence-corrected chi connectivity index (χ1v) is 6.11. The minimum absolute atomic E-state index is 0.168. The van der Waals surface area contributed by atoms with Crippen molar-refractivity contribution in [3.05, 3.63) is 42.2 Å². The third-order valence-corrected chi connectivity index (χ3v) is 3.36. The summed E-state index contributed by atoms with van der Waals surface area (Å²) in [6.07, 6.45) is 3.35. The molecule has 0 atom stereocenters. The number of rotatable bonds is 3. The highest BCUT2D eigenvalue weighted by atomic mass is 16.4. The third-order valence-electron chi connectivity index (χ3n) is 3.36. The molecule has 20 heavy (non-hydrogen) atoms. The van der Waals surface area contributed by atoms with Gasteiger partial charge in [0.25, 0.3) is 0 Å². The van der Waals surface area contributed by atoms with Gasteiger partial charge in [-0.25, -0.2) is 9.97 Å². The summed E-state index contributed by atoms with van der Waals surface area (Å²) in [5.74, 6) is 0.416. The molecule has 1 aromatic heterocycles. The van der Waals surface area contributed by atoms with Crippen molar-refractivity contribution in [2.45, 2.75) is 19.3 Å². The van der Waals surface area contributed by atoms with E-state index in [1.165, 1.54) is 0 Å². The largest absolute Gasteiger partial charge is 0.409 e. The number of oxime groups is 1. The topological polar surface area (TPSA) is 110 Å². The Morgan fingerprint density at radius 1 is 1.10 bits per heavy atom. The van der Waals surface area contributed by atoms with Crippen molar-refractivity contribution in [1.82, 2.24) is 9.97 Å². The molecule has 1 heterocycles. The van der Waals surface area contributed by atoms with Crippen molar-refractivity contribution in [3.8, 4) is 11.1 Å². The highest BCUT2D eigenvalue weighted by molar-refractivity contribution is 5.90. The molecule has 2 aromatic rings. The van der Waals surface area contributed by atoms with Gasteiger partial charge in [0.05, 0.1) is 5.41 Å². The number of hydrogen-bond donors (Lipinski definition) is 3. The molecule has 0 aliphatic rings. The minimum atomic E-state index is -0.537. The lowest BCUT2D eigenvalue weighted by molar-refractivity contribution is 0.313. The fraction of sp³-hybridized carbons (Fsp3) is 0.214. The Morgan fingerprint density at radius 2 is 1.65 bits per heavy atom. The van der Waals surface area contributed by atoms with Crippen LogP contribution in [0.3, 0.4) is 0 Å². The second-order valence-corrected chi connectivity index (χ2v) is 5.02. The maximum atomic E-state index is 8.82. The van der Waals surface area contributed by atoms with Gasteiger partial charge in [0, 0.05) is 18.0 Å².